The number of aromatic nitrogens is 1. The highest BCUT2D eigenvalue weighted by Gasteiger charge is 2.39. The number of carbonyl (C=O) groups is 1. The molecule has 0 N–H and O–H groups in total. The van der Waals surface area contributed by atoms with Crippen LogP contribution in [0.25, 0.3) is 0 Å². The number of fused-ring (bicyclic) bond motifs is 1. The molecule has 3 heterocycles. The van der Waals surface area contributed by atoms with E-state index in [0.717, 1.165) is 60.8 Å². The number of anilines is 1. The van der Waals surface area contributed by atoms with Crippen molar-refractivity contribution in [2.24, 2.45) is 0 Å². The molecule has 0 saturated carbocycles. The van der Waals surface area contributed by atoms with Crippen LogP contribution < -0.4 is 4.90 Å². The summed E-state index contributed by atoms with van der Waals surface area (Å²) in [6.07, 6.45) is 5.94. The Hall–Kier alpha value is -2.44. The fourth-order valence-electron chi connectivity index (χ4n) is 5.57. The molecule has 1 fully saturated rings. The Morgan fingerprint density at radius 2 is 1.86 bits per heavy atom. The van der Waals surface area contributed by atoms with E-state index in [1.54, 1.807) is 0 Å². The predicted molar refractivity (Wildman–Crippen MR) is 145 cm³/mol. The van der Waals surface area contributed by atoms with Crippen molar-refractivity contribution < 1.29 is 14.3 Å². The van der Waals surface area contributed by atoms with E-state index in [4.69, 9.17) is 14.5 Å². The molecule has 1 atom stereocenters. The van der Waals surface area contributed by atoms with Crippen molar-refractivity contribution in [1.29, 1.82) is 0 Å². The number of esters is 1. The standard InChI is InChI=1S/C30H43N3O3/c1-5-7-8-12-15-25-28-24(21-33(25)20-23-13-10-9-11-14-23)26(30(34)36-6-2)29(27(31-28)22(3)4)32-16-18-35-19-17-32/h9-11,13-14,22,25H,5-8,12,15-21H2,1-4H3. The molecule has 0 radical (unpaired) electrons. The Labute approximate surface area is 217 Å². The minimum Gasteiger partial charge on any atom is -0.462 e. The highest BCUT2D eigenvalue weighted by molar-refractivity contribution is 5.99. The van der Waals surface area contributed by atoms with Crippen LogP contribution >= 0.6 is 0 Å². The van der Waals surface area contributed by atoms with E-state index in [1.165, 1.54) is 31.2 Å². The summed E-state index contributed by atoms with van der Waals surface area (Å²) in [4.78, 5) is 23.8. The number of hydrogen-bond acceptors (Lipinski definition) is 6. The van der Waals surface area contributed by atoms with Gasteiger partial charge < -0.3 is 14.4 Å². The predicted octanol–water partition coefficient (Wildman–Crippen LogP) is 6.25. The van der Waals surface area contributed by atoms with Crippen molar-refractivity contribution in [3.8, 4) is 0 Å². The smallest absolute Gasteiger partial charge is 0.340 e. The van der Waals surface area contributed by atoms with Crippen LogP contribution in [0, 0.1) is 0 Å². The van der Waals surface area contributed by atoms with Crippen LogP contribution in [-0.2, 0) is 22.6 Å². The molecule has 36 heavy (non-hydrogen) atoms. The minimum atomic E-state index is -0.217. The Morgan fingerprint density at radius 1 is 1.11 bits per heavy atom. The number of ether oxygens (including phenoxy) is 2. The van der Waals surface area contributed by atoms with Crippen LogP contribution in [0.15, 0.2) is 30.3 Å². The number of benzene rings is 1. The second kappa shape index (κ2) is 12.7. The molecule has 2 aromatic rings. The molecule has 1 saturated heterocycles. The van der Waals surface area contributed by atoms with E-state index in [-0.39, 0.29) is 17.9 Å². The number of carbonyl (C=O) groups excluding carboxylic acids is 1. The summed E-state index contributed by atoms with van der Waals surface area (Å²) in [7, 11) is 0. The Bertz CT molecular complexity index is 1000. The topological polar surface area (TPSA) is 54.9 Å². The number of morpholine rings is 1. The fourth-order valence-corrected chi connectivity index (χ4v) is 5.57. The maximum absolute atomic E-state index is 13.6. The van der Waals surface area contributed by atoms with Gasteiger partial charge in [-0.15, -0.1) is 0 Å². The number of pyridine rings is 1. The maximum Gasteiger partial charge on any atom is 0.340 e. The van der Waals surface area contributed by atoms with Gasteiger partial charge in [0.25, 0.3) is 0 Å². The lowest BCUT2D eigenvalue weighted by Crippen LogP contribution is -2.38. The fraction of sp³-hybridized carbons (Fsp3) is 0.600. The summed E-state index contributed by atoms with van der Waals surface area (Å²) in [6, 6.07) is 10.9. The summed E-state index contributed by atoms with van der Waals surface area (Å²) in [5.74, 6) is -0.0175. The van der Waals surface area contributed by atoms with E-state index < -0.39 is 0 Å². The molecule has 1 aromatic heterocycles. The van der Waals surface area contributed by atoms with Gasteiger partial charge in [-0.25, -0.2) is 4.79 Å². The molecule has 6 heteroatoms. The van der Waals surface area contributed by atoms with Gasteiger partial charge in [-0.2, -0.15) is 0 Å². The van der Waals surface area contributed by atoms with E-state index in [0.29, 0.717) is 19.8 Å². The highest BCUT2D eigenvalue weighted by Crippen LogP contribution is 2.44. The molecule has 1 aromatic carbocycles. The van der Waals surface area contributed by atoms with Gasteiger partial charge in [-0.3, -0.25) is 9.88 Å². The van der Waals surface area contributed by atoms with Crippen molar-refractivity contribution in [2.75, 3.05) is 37.8 Å². The van der Waals surface area contributed by atoms with Crippen LogP contribution in [0.3, 0.4) is 0 Å². The molecule has 4 rings (SSSR count). The third kappa shape index (κ3) is 5.92. The molecule has 6 nitrogen and oxygen atoms in total. The highest BCUT2D eigenvalue weighted by atomic mass is 16.5. The van der Waals surface area contributed by atoms with Crippen molar-refractivity contribution in [1.82, 2.24) is 9.88 Å². The number of nitrogens with zero attached hydrogens (tertiary/aromatic N) is 3. The van der Waals surface area contributed by atoms with Gasteiger partial charge in [0.05, 0.1) is 48.5 Å². The SMILES string of the molecule is CCCCCCC1c2nc(C(C)C)c(N3CCOCC3)c(C(=O)OCC)c2CN1Cc1ccccc1. The maximum atomic E-state index is 13.6. The molecule has 1 unspecified atom stereocenters. The Morgan fingerprint density at radius 3 is 2.53 bits per heavy atom. The number of rotatable bonds is 11. The van der Waals surface area contributed by atoms with Crippen LogP contribution in [0.1, 0.15) is 105 Å². The lowest BCUT2D eigenvalue weighted by Gasteiger charge is -2.33. The lowest BCUT2D eigenvalue weighted by molar-refractivity contribution is 0.0524. The molecule has 2 aliphatic rings. The van der Waals surface area contributed by atoms with E-state index in [2.05, 4.69) is 60.9 Å². The van der Waals surface area contributed by atoms with Crippen LogP contribution in [-0.4, -0.2) is 48.8 Å². The molecule has 0 spiro atoms. The molecule has 0 bridgehead atoms. The Balaban J connectivity index is 1.81. The average Bonchev–Trinajstić information content (AvgIpc) is 3.23. The van der Waals surface area contributed by atoms with Gasteiger partial charge in [-0.1, -0.05) is 76.8 Å². The number of unbranched alkanes of at least 4 members (excludes halogenated alkanes) is 3. The minimum absolute atomic E-state index is 0.199. The summed E-state index contributed by atoms with van der Waals surface area (Å²) >= 11 is 0. The van der Waals surface area contributed by atoms with Gasteiger partial charge in [-0.05, 0) is 24.8 Å². The van der Waals surface area contributed by atoms with Crippen molar-refractivity contribution in [2.45, 2.75) is 84.8 Å². The van der Waals surface area contributed by atoms with E-state index >= 15 is 0 Å². The zero-order valence-electron chi connectivity index (χ0n) is 22.6. The summed E-state index contributed by atoms with van der Waals surface area (Å²) in [6.45, 7) is 13.3. The van der Waals surface area contributed by atoms with E-state index in [9.17, 15) is 4.79 Å². The summed E-state index contributed by atoms with van der Waals surface area (Å²) < 4.78 is 11.3. The quantitative estimate of drug-likeness (QED) is 0.273. The van der Waals surface area contributed by atoms with Crippen molar-refractivity contribution in [3.05, 3.63) is 58.4 Å². The normalized spacial score (nSPS) is 18.0. The third-order valence-corrected chi connectivity index (χ3v) is 7.36. The molecule has 0 aliphatic carbocycles. The monoisotopic (exact) mass is 493 g/mol. The summed E-state index contributed by atoms with van der Waals surface area (Å²) in [5.41, 5.74) is 6.16. The zero-order valence-corrected chi connectivity index (χ0v) is 22.6. The lowest BCUT2D eigenvalue weighted by atomic mass is 9.95. The molecular formula is C30H43N3O3. The van der Waals surface area contributed by atoms with Gasteiger partial charge in [0.15, 0.2) is 0 Å². The first-order valence-corrected chi connectivity index (χ1v) is 13.9. The van der Waals surface area contributed by atoms with Crippen LogP contribution in [0.4, 0.5) is 5.69 Å². The zero-order chi connectivity index (χ0) is 25.5. The summed E-state index contributed by atoms with van der Waals surface area (Å²) in [5, 5.41) is 0. The molecule has 0 amide bonds. The van der Waals surface area contributed by atoms with Crippen LogP contribution in [0.5, 0.6) is 0 Å². The van der Waals surface area contributed by atoms with E-state index in [1.807, 2.05) is 6.92 Å². The third-order valence-electron chi connectivity index (χ3n) is 7.36. The van der Waals surface area contributed by atoms with Crippen LogP contribution in [0.2, 0.25) is 0 Å². The first-order valence-electron chi connectivity index (χ1n) is 13.9. The second-order valence-electron chi connectivity index (χ2n) is 10.3. The largest absolute Gasteiger partial charge is 0.462 e. The second-order valence-corrected chi connectivity index (χ2v) is 10.3. The van der Waals surface area contributed by atoms with Crippen molar-refractivity contribution in [3.63, 3.8) is 0 Å². The first-order chi connectivity index (χ1) is 17.5. The van der Waals surface area contributed by atoms with Crippen molar-refractivity contribution >= 4 is 11.7 Å². The van der Waals surface area contributed by atoms with Gasteiger partial charge in [0, 0.05) is 31.7 Å². The van der Waals surface area contributed by atoms with Gasteiger partial charge >= 0.3 is 5.97 Å². The van der Waals surface area contributed by atoms with Gasteiger partial charge in [0.1, 0.15) is 0 Å². The average molecular weight is 494 g/mol. The molecule has 196 valence electrons. The Kier molecular flexibility index (Phi) is 9.38. The number of hydrogen-bond donors (Lipinski definition) is 0. The van der Waals surface area contributed by atoms with Gasteiger partial charge in [0.2, 0.25) is 0 Å². The first kappa shape index (κ1) is 26.6. The molecular weight excluding hydrogens is 450 g/mol. The molecule has 2 aliphatic heterocycles.